The number of H-pyrrole nitrogens is 1. The maximum absolute atomic E-state index is 12.6. The predicted molar refractivity (Wildman–Crippen MR) is 102 cm³/mol. The van der Waals surface area contributed by atoms with Crippen molar-refractivity contribution < 1.29 is 22.7 Å². The molecule has 1 N–H and O–H groups in total. The lowest BCUT2D eigenvalue weighted by Crippen LogP contribution is -2.49. The molecule has 2 aromatic heterocycles. The first-order valence-electron chi connectivity index (χ1n) is 9.40. The molecule has 1 aliphatic heterocycles. The van der Waals surface area contributed by atoms with Crippen LogP contribution in [0.15, 0.2) is 29.5 Å². The lowest BCUT2D eigenvalue weighted by Gasteiger charge is -2.34. The molecule has 3 rings (SSSR count). The summed E-state index contributed by atoms with van der Waals surface area (Å²) in [5, 5.41) is 0. The minimum atomic E-state index is -4.48. The summed E-state index contributed by atoms with van der Waals surface area (Å²) < 4.78 is 43.2. The molecule has 8 nitrogen and oxygen atoms in total. The van der Waals surface area contributed by atoms with Gasteiger partial charge in [0.15, 0.2) is 0 Å². The number of hydrogen-bond donors (Lipinski definition) is 1. The van der Waals surface area contributed by atoms with Crippen LogP contribution in [0.1, 0.15) is 29.5 Å². The Morgan fingerprint density at radius 1 is 1.23 bits per heavy atom. The van der Waals surface area contributed by atoms with Crippen molar-refractivity contribution in [3.63, 3.8) is 0 Å². The van der Waals surface area contributed by atoms with Crippen LogP contribution < -0.4 is 10.5 Å². The number of rotatable bonds is 4. The van der Waals surface area contributed by atoms with Crippen LogP contribution in [0.2, 0.25) is 0 Å². The second kappa shape index (κ2) is 8.72. The fourth-order valence-electron chi connectivity index (χ4n) is 3.01. The molecular formula is C19H22F3N5O3. The van der Waals surface area contributed by atoms with Gasteiger partial charge in [0.25, 0.3) is 5.56 Å². The largest absolute Gasteiger partial charge is 0.449 e. The van der Waals surface area contributed by atoms with E-state index in [4.69, 9.17) is 4.74 Å². The number of hydrogen-bond acceptors (Lipinski definition) is 6. The van der Waals surface area contributed by atoms with E-state index in [9.17, 15) is 22.8 Å². The summed E-state index contributed by atoms with van der Waals surface area (Å²) in [6.45, 7) is 5.21. The molecule has 0 aliphatic carbocycles. The van der Waals surface area contributed by atoms with Crippen molar-refractivity contribution in [1.82, 2.24) is 19.9 Å². The Kier molecular flexibility index (Phi) is 6.28. The van der Waals surface area contributed by atoms with Gasteiger partial charge in [0.05, 0.1) is 12.2 Å². The van der Waals surface area contributed by atoms with Gasteiger partial charge in [0, 0.05) is 56.3 Å². The Balaban J connectivity index is 1.49. The number of ether oxygens (including phenoxy) is 1. The van der Waals surface area contributed by atoms with Gasteiger partial charge in [-0.15, -0.1) is 0 Å². The van der Waals surface area contributed by atoms with E-state index in [-0.39, 0.29) is 24.0 Å². The van der Waals surface area contributed by atoms with Gasteiger partial charge in [-0.25, -0.2) is 14.8 Å². The monoisotopic (exact) mass is 425 g/mol. The number of aromatic nitrogens is 3. The Bertz CT molecular complexity index is 938. The second-order valence-electron chi connectivity index (χ2n) is 7.17. The van der Waals surface area contributed by atoms with Crippen LogP contribution in [0.3, 0.4) is 0 Å². The average molecular weight is 425 g/mol. The summed E-state index contributed by atoms with van der Waals surface area (Å²) in [6.07, 6.45) is -1.83. The number of nitrogens with zero attached hydrogens (tertiary/aromatic N) is 4. The number of carbonyl (C=O) groups excluding carboxylic acids is 1. The van der Waals surface area contributed by atoms with Gasteiger partial charge in [0.1, 0.15) is 0 Å². The smallest absolute Gasteiger partial charge is 0.419 e. The Hall–Kier alpha value is -3.11. The zero-order valence-electron chi connectivity index (χ0n) is 16.6. The number of nitrogens with one attached hydrogen (secondary N) is 1. The lowest BCUT2D eigenvalue weighted by molar-refractivity contribution is -0.138. The van der Waals surface area contributed by atoms with Gasteiger partial charge in [-0.1, -0.05) is 6.92 Å². The first-order valence-corrected chi connectivity index (χ1v) is 9.40. The maximum Gasteiger partial charge on any atom is 0.419 e. The van der Waals surface area contributed by atoms with E-state index in [1.165, 1.54) is 4.90 Å². The second-order valence-corrected chi connectivity index (χ2v) is 7.17. The van der Waals surface area contributed by atoms with E-state index in [0.29, 0.717) is 31.7 Å². The number of carbonyl (C=O) groups is 1. The van der Waals surface area contributed by atoms with E-state index in [1.807, 2.05) is 6.92 Å². The van der Waals surface area contributed by atoms with E-state index < -0.39 is 17.8 Å². The van der Waals surface area contributed by atoms with Crippen molar-refractivity contribution in [3.05, 3.63) is 51.7 Å². The summed E-state index contributed by atoms with van der Waals surface area (Å²) in [4.78, 5) is 37.2. The fraction of sp³-hybridized carbons (Fsp3) is 0.474. The van der Waals surface area contributed by atoms with Crippen molar-refractivity contribution in [3.8, 4) is 0 Å². The molecule has 0 bridgehead atoms. The molecule has 1 saturated heterocycles. The molecule has 162 valence electrons. The van der Waals surface area contributed by atoms with Crippen LogP contribution in [-0.4, -0.2) is 58.7 Å². The number of piperazine rings is 1. The third-order valence-corrected chi connectivity index (χ3v) is 4.92. The molecule has 0 radical (unpaired) electrons. The van der Waals surface area contributed by atoms with Crippen molar-refractivity contribution >= 4 is 12.0 Å². The van der Waals surface area contributed by atoms with E-state index in [1.54, 1.807) is 24.1 Å². The predicted octanol–water partition coefficient (Wildman–Crippen LogP) is 2.55. The molecule has 1 fully saturated rings. The molecule has 3 heterocycles. The topological polar surface area (TPSA) is 91.4 Å². The number of aromatic amines is 1. The summed E-state index contributed by atoms with van der Waals surface area (Å²) in [5.41, 5.74) is 0.398. The summed E-state index contributed by atoms with van der Waals surface area (Å²) in [6, 6.07) is 1.76. The standard InChI is InChI=1S/C19H22F3N5O3/c1-12-7-14(8-23-16(12)28)13(2)11-30-18(29)27-5-3-26(4-6-27)17-24-9-15(10-25-17)19(20,21)22/h7-10,13H,3-6,11H2,1-2H3,(H,23,28). The molecule has 1 unspecified atom stereocenters. The molecule has 1 amide bonds. The van der Waals surface area contributed by atoms with E-state index in [2.05, 4.69) is 15.0 Å². The molecule has 30 heavy (non-hydrogen) atoms. The first-order chi connectivity index (χ1) is 14.1. The minimum absolute atomic E-state index is 0.0914. The number of alkyl halides is 3. The van der Waals surface area contributed by atoms with Crippen LogP contribution in [0.4, 0.5) is 23.9 Å². The zero-order valence-corrected chi connectivity index (χ0v) is 16.6. The van der Waals surface area contributed by atoms with E-state index in [0.717, 1.165) is 18.0 Å². The summed E-state index contributed by atoms with van der Waals surface area (Å²) in [5.74, 6) is 0.101. The normalized spacial score (nSPS) is 15.8. The highest BCUT2D eigenvalue weighted by atomic mass is 19.4. The van der Waals surface area contributed by atoms with Gasteiger partial charge in [-0.3, -0.25) is 4.79 Å². The molecule has 0 aromatic carbocycles. The van der Waals surface area contributed by atoms with Gasteiger partial charge < -0.3 is 19.5 Å². The molecule has 0 spiro atoms. The molecule has 0 saturated carbocycles. The highest BCUT2D eigenvalue weighted by Gasteiger charge is 2.32. The van der Waals surface area contributed by atoms with Crippen LogP contribution in [-0.2, 0) is 10.9 Å². The average Bonchev–Trinajstić information content (AvgIpc) is 2.73. The number of halogens is 3. The molecule has 1 atom stereocenters. The summed E-state index contributed by atoms with van der Waals surface area (Å²) in [7, 11) is 0. The number of pyridine rings is 1. The van der Waals surface area contributed by atoms with Crippen LogP contribution in [0, 0.1) is 6.92 Å². The zero-order chi connectivity index (χ0) is 21.9. The number of amides is 1. The third-order valence-electron chi connectivity index (χ3n) is 4.92. The Labute approximate surface area is 170 Å². The SMILES string of the molecule is Cc1cc(C(C)COC(=O)N2CCN(c3ncc(C(F)(F)F)cn3)CC2)c[nH]c1=O. The number of anilines is 1. The maximum atomic E-state index is 12.6. The van der Waals surface area contributed by atoms with Crippen LogP contribution >= 0.6 is 0 Å². The van der Waals surface area contributed by atoms with Gasteiger partial charge in [-0.2, -0.15) is 13.2 Å². The summed E-state index contributed by atoms with van der Waals surface area (Å²) >= 11 is 0. The highest BCUT2D eigenvalue weighted by molar-refractivity contribution is 5.68. The number of aryl methyl sites for hydroxylation is 1. The van der Waals surface area contributed by atoms with Crippen molar-refractivity contribution in [2.24, 2.45) is 0 Å². The lowest BCUT2D eigenvalue weighted by atomic mass is 10.0. The minimum Gasteiger partial charge on any atom is -0.449 e. The van der Waals surface area contributed by atoms with Crippen LogP contribution in [0.25, 0.3) is 0 Å². The molecule has 1 aliphatic rings. The first kappa shape index (κ1) is 21.6. The van der Waals surface area contributed by atoms with Crippen molar-refractivity contribution in [2.45, 2.75) is 25.9 Å². The van der Waals surface area contributed by atoms with Crippen LogP contribution in [0.5, 0.6) is 0 Å². The van der Waals surface area contributed by atoms with E-state index >= 15 is 0 Å². The van der Waals surface area contributed by atoms with Gasteiger partial charge in [-0.05, 0) is 18.6 Å². The van der Waals surface area contributed by atoms with Gasteiger partial charge >= 0.3 is 12.3 Å². The fourth-order valence-corrected chi connectivity index (χ4v) is 3.01. The third kappa shape index (κ3) is 5.08. The highest BCUT2D eigenvalue weighted by Crippen LogP contribution is 2.28. The van der Waals surface area contributed by atoms with Crippen molar-refractivity contribution in [1.29, 1.82) is 0 Å². The Morgan fingerprint density at radius 3 is 2.43 bits per heavy atom. The quantitative estimate of drug-likeness (QED) is 0.810. The Morgan fingerprint density at radius 2 is 1.87 bits per heavy atom. The van der Waals surface area contributed by atoms with Crippen molar-refractivity contribution in [2.75, 3.05) is 37.7 Å². The van der Waals surface area contributed by atoms with Gasteiger partial charge in [0.2, 0.25) is 5.95 Å². The molecule has 11 heteroatoms. The molecular weight excluding hydrogens is 403 g/mol. The molecule has 2 aromatic rings.